The fourth-order valence-corrected chi connectivity index (χ4v) is 3.13. The molecule has 166 valence electrons. The second-order valence-corrected chi connectivity index (χ2v) is 7.94. The van der Waals surface area contributed by atoms with Gasteiger partial charge in [-0.15, -0.1) is 0 Å². The maximum atomic E-state index is 12.0. The maximum absolute atomic E-state index is 12.0. The summed E-state index contributed by atoms with van der Waals surface area (Å²) in [6.07, 6.45) is 2.10. The summed E-state index contributed by atoms with van der Waals surface area (Å²) in [6, 6.07) is 3.43. The number of benzene rings is 1. The van der Waals surface area contributed by atoms with Crippen LogP contribution in [0.3, 0.4) is 0 Å². The SMILES string of the molecule is COc1cc(-c2cnc3[nH]cc(OC(=O)NCCS(N)(=O)=O)c3n2)cc(OC)c1OC. The predicted molar refractivity (Wildman–Crippen MR) is 111 cm³/mol. The molecule has 13 heteroatoms. The van der Waals surface area contributed by atoms with Gasteiger partial charge >= 0.3 is 6.09 Å². The van der Waals surface area contributed by atoms with Crippen molar-refractivity contribution >= 4 is 27.3 Å². The van der Waals surface area contributed by atoms with Crippen LogP contribution in [0.2, 0.25) is 0 Å². The third kappa shape index (κ3) is 5.13. The van der Waals surface area contributed by atoms with Crippen LogP contribution in [0.15, 0.2) is 24.5 Å². The molecule has 0 saturated carbocycles. The standard InChI is InChI=1S/C18H21N5O7S/c1-27-12-6-10(7-13(28-2)16(12)29-3)11-8-21-17-15(23-11)14(9-22-17)30-18(24)20-4-5-31(19,25)26/h6-9H,4-5H2,1-3H3,(H,20,24)(H,21,22)(H2,19,25,26). The first-order valence-electron chi connectivity index (χ1n) is 8.86. The van der Waals surface area contributed by atoms with E-state index in [9.17, 15) is 13.2 Å². The number of methoxy groups -OCH3 is 3. The molecule has 0 unspecified atom stereocenters. The van der Waals surface area contributed by atoms with Crippen molar-refractivity contribution in [1.82, 2.24) is 20.3 Å². The number of primary sulfonamides is 1. The van der Waals surface area contributed by atoms with E-state index < -0.39 is 21.9 Å². The minimum absolute atomic E-state index is 0.116. The molecule has 0 fully saturated rings. The van der Waals surface area contributed by atoms with Crippen molar-refractivity contribution < 1.29 is 32.2 Å². The minimum atomic E-state index is -3.70. The van der Waals surface area contributed by atoms with Gasteiger partial charge in [-0.1, -0.05) is 0 Å². The van der Waals surface area contributed by atoms with Crippen LogP contribution >= 0.6 is 0 Å². The summed E-state index contributed by atoms with van der Waals surface area (Å²) >= 11 is 0. The molecular formula is C18H21N5O7S. The van der Waals surface area contributed by atoms with Crippen LogP contribution in [0.25, 0.3) is 22.4 Å². The molecule has 2 heterocycles. The van der Waals surface area contributed by atoms with Crippen LogP contribution in [0, 0.1) is 0 Å². The number of nitrogens with two attached hydrogens (primary N) is 1. The Labute approximate surface area is 177 Å². The highest BCUT2D eigenvalue weighted by atomic mass is 32.2. The molecule has 3 rings (SSSR count). The number of aromatic amines is 1. The average molecular weight is 451 g/mol. The lowest BCUT2D eigenvalue weighted by Gasteiger charge is -2.13. The Bertz CT molecular complexity index is 1180. The monoisotopic (exact) mass is 451 g/mol. The molecule has 31 heavy (non-hydrogen) atoms. The summed E-state index contributed by atoms with van der Waals surface area (Å²) in [7, 11) is 0.811. The van der Waals surface area contributed by atoms with E-state index in [4.69, 9.17) is 24.1 Å². The lowest BCUT2D eigenvalue weighted by Crippen LogP contribution is -2.33. The lowest BCUT2D eigenvalue weighted by atomic mass is 10.1. The van der Waals surface area contributed by atoms with E-state index in [1.54, 1.807) is 12.1 Å². The fraction of sp³-hybridized carbons (Fsp3) is 0.278. The molecule has 12 nitrogen and oxygen atoms in total. The van der Waals surface area contributed by atoms with Gasteiger partial charge in [0.25, 0.3) is 0 Å². The number of rotatable bonds is 8. The minimum Gasteiger partial charge on any atom is -0.493 e. The van der Waals surface area contributed by atoms with Crippen LogP contribution in [-0.2, 0) is 10.0 Å². The number of hydrogen-bond acceptors (Lipinski definition) is 9. The van der Waals surface area contributed by atoms with Crippen molar-refractivity contribution in [3.8, 4) is 34.3 Å². The molecule has 0 saturated heterocycles. The first-order valence-corrected chi connectivity index (χ1v) is 10.6. The molecular weight excluding hydrogens is 430 g/mol. The molecule has 0 aliphatic carbocycles. The van der Waals surface area contributed by atoms with Crippen LogP contribution in [0.5, 0.6) is 23.0 Å². The van der Waals surface area contributed by atoms with E-state index in [-0.39, 0.29) is 12.3 Å². The van der Waals surface area contributed by atoms with E-state index in [1.165, 1.54) is 33.7 Å². The summed E-state index contributed by atoms with van der Waals surface area (Å²) in [5.74, 6) is 1.02. The van der Waals surface area contributed by atoms with Gasteiger partial charge in [0.1, 0.15) is 0 Å². The van der Waals surface area contributed by atoms with Gasteiger partial charge in [-0.2, -0.15) is 0 Å². The number of sulfonamides is 1. The van der Waals surface area contributed by atoms with Gasteiger partial charge in [-0.3, -0.25) is 0 Å². The molecule has 4 N–H and O–H groups in total. The smallest absolute Gasteiger partial charge is 0.412 e. The number of carbonyl (C=O) groups excluding carboxylic acids is 1. The molecule has 2 aromatic heterocycles. The highest BCUT2D eigenvalue weighted by molar-refractivity contribution is 7.89. The largest absolute Gasteiger partial charge is 0.493 e. The normalized spacial score (nSPS) is 11.2. The highest BCUT2D eigenvalue weighted by Crippen LogP contribution is 2.41. The Balaban J connectivity index is 1.89. The molecule has 0 aliphatic rings. The quantitative estimate of drug-likeness (QED) is 0.453. The van der Waals surface area contributed by atoms with Gasteiger partial charge in [-0.05, 0) is 12.1 Å². The van der Waals surface area contributed by atoms with Gasteiger partial charge in [-0.25, -0.2) is 28.3 Å². The number of H-pyrrole nitrogens is 1. The molecule has 0 bridgehead atoms. The van der Waals surface area contributed by atoms with E-state index in [0.717, 1.165) is 0 Å². The third-order valence-electron chi connectivity index (χ3n) is 4.16. The van der Waals surface area contributed by atoms with Gasteiger partial charge in [0.2, 0.25) is 15.8 Å². The van der Waals surface area contributed by atoms with Crippen molar-refractivity contribution in [1.29, 1.82) is 0 Å². The van der Waals surface area contributed by atoms with Crippen LogP contribution in [0.4, 0.5) is 4.79 Å². The van der Waals surface area contributed by atoms with Crippen LogP contribution in [0.1, 0.15) is 0 Å². The zero-order chi connectivity index (χ0) is 22.6. The summed E-state index contributed by atoms with van der Waals surface area (Å²) in [5, 5.41) is 7.20. The Morgan fingerprint density at radius 3 is 2.39 bits per heavy atom. The first kappa shape index (κ1) is 22.1. The van der Waals surface area contributed by atoms with Gasteiger partial charge in [0, 0.05) is 18.3 Å². The number of nitrogens with zero attached hydrogens (tertiary/aromatic N) is 2. The number of carbonyl (C=O) groups is 1. The van der Waals surface area contributed by atoms with Crippen molar-refractivity contribution in [3.63, 3.8) is 0 Å². The molecule has 0 radical (unpaired) electrons. The number of hydrogen-bond donors (Lipinski definition) is 3. The Morgan fingerprint density at radius 2 is 1.81 bits per heavy atom. The molecule has 1 amide bonds. The van der Waals surface area contributed by atoms with E-state index in [0.29, 0.717) is 39.7 Å². The number of fused-ring (bicyclic) bond motifs is 1. The average Bonchev–Trinajstić information content (AvgIpc) is 3.13. The van der Waals surface area contributed by atoms with Crippen molar-refractivity contribution in [2.45, 2.75) is 0 Å². The van der Waals surface area contributed by atoms with Gasteiger partial charge < -0.3 is 29.2 Å². The second-order valence-electron chi connectivity index (χ2n) is 6.20. The number of amides is 1. The molecule has 3 aromatic rings. The lowest BCUT2D eigenvalue weighted by molar-refractivity contribution is 0.201. The molecule has 0 aliphatic heterocycles. The summed E-state index contributed by atoms with van der Waals surface area (Å²) in [6.45, 7) is -0.192. The van der Waals surface area contributed by atoms with Crippen molar-refractivity contribution in [3.05, 3.63) is 24.5 Å². The van der Waals surface area contributed by atoms with Gasteiger partial charge in [0.15, 0.2) is 28.4 Å². The van der Waals surface area contributed by atoms with E-state index in [2.05, 4.69) is 20.3 Å². The maximum Gasteiger partial charge on any atom is 0.412 e. The zero-order valence-electron chi connectivity index (χ0n) is 17.0. The summed E-state index contributed by atoms with van der Waals surface area (Å²) in [5.41, 5.74) is 1.79. The fourth-order valence-electron chi connectivity index (χ4n) is 2.75. The Hall–Kier alpha value is -3.58. The second kappa shape index (κ2) is 9.06. The summed E-state index contributed by atoms with van der Waals surface area (Å²) in [4.78, 5) is 23.6. The highest BCUT2D eigenvalue weighted by Gasteiger charge is 2.17. The van der Waals surface area contributed by atoms with E-state index >= 15 is 0 Å². The zero-order valence-corrected chi connectivity index (χ0v) is 17.8. The van der Waals surface area contributed by atoms with Crippen LogP contribution < -0.4 is 29.4 Å². The number of aromatic nitrogens is 3. The first-order chi connectivity index (χ1) is 14.8. The van der Waals surface area contributed by atoms with Gasteiger partial charge in [0.05, 0.1) is 39.0 Å². The molecule has 0 atom stereocenters. The predicted octanol–water partition coefficient (Wildman–Crippen LogP) is 1.03. The number of nitrogens with one attached hydrogen (secondary N) is 2. The Morgan fingerprint density at radius 1 is 1.13 bits per heavy atom. The topological polar surface area (TPSA) is 168 Å². The molecule has 1 aromatic carbocycles. The Kier molecular flexibility index (Phi) is 6.46. The number of ether oxygens (including phenoxy) is 4. The van der Waals surface area contributed by atoms with Crippen molar-refractivity contribution in [2.24, 2.45) is 5.14 Å². The summed E-state index contributed by atoms with van der Waals surface area (Å²) < 4.78 is 43.1. The third-order valence-corrected chi connectivity index (χ3v) is 4.94. The molecule has 0 spiro atoms. The van der Waals surface area contributed by atoms with Crippen molar-refractivity contribution in [2.75, 3.05) is 33.6 Å². The van der Waals surface area contributed by atoms with Crippen LogP contribution in [-0.4, -0.2) is 63.1 Å². The van der Waals surface area contributed by atoms with E-state index in [1.807, 2.05) is 0 Å².